The van der Waals surface area contributed by atoms with Crippen molar-refractivity contribution in [2.24, 2.45) is 5.73 Å². The second kappa shape index (κ2) is 9.36. The fraction of sp³-hybridized carbons (Fsp3) is 0.250. The van der Waals surface area contributed by atoms with Gasteiger partial charge in [0.05, 0.1) is 23.0 Å². The Morgan fingerprint density at radius 3 is 2.54 bits per heavy atom. The third-order valence-corrected chi connectivity index (χ3v) is 5.94. The summed E-state index contributed by atoms with van der Waals surface area (Å²) in [6.07, 6.45) is -0.972. The minimum absolute atomic E-state index is 0.0339. The molecule has 4 aromatic rings. The van der Waals surface area contributed by atoms with Crippen LogP contribution in [0.2, 0.25) is 5.02 Å². The van der Waals surface area contributed by atoms with E-state index < -0.39 is 41.3 Å². The van der Waals surface area contributed by atoms with Crippen LogP contribution >= 0.6 is 11.6 Å². The molecule has 1 amide bonds. The van der Waals surface area contributed by atoms with E-state index in [9.17, 15) is 27.5 Å². The van der Waals surface area contributed by atoms with Crippen molar-refractivity contribution in [1.82, 2.24) is 24.7 Å². The predicted molar refractivity (Wildman–Crippen MR) is 127 cm³/mol. The van der Waals surface area contributed by atoms with Crippen LogP contribution in [-0.2, 0) is 11.1 Å². The van der Waals surface area contributed by atoms with Crippen molar-refractivity contribution in [2.45, 2.75) is 31.2 Å². The standard InChI is InChI=1S/C24H21ClF4N6O2/c1-22(2,30)14-9-17(13-4-5-16(26)15(25)8-13)33-19(10-14)23(37,24(27,28)29)12-32-20(36)18-11-35-7-3-6-31-21(35)34-18/h3-11,37H,12,30H2,1-2H3,(H,32,36). The maximum absolute atomic E-state index is 14.3. The van der Waals surface area contributed by atoms with Gasteiger partial charge in [-0.25, -0.2) is 19.3 Å². The summed E-state index contributed by atoms with van der Waals surface area (Å²) < 4.78 is 58.0. The summed E-state index contributed by atoms with van der Waals surface area (Å²) in [6, 6.07) is 7.55. The number of halogens is 5. The van der Waals surface area contributed by atoms with E-state index in [4.69, 9.17) is 17.3 Å². The molecule has 0 aliphatic heterocycles. The number of amides is 1. The van der Waals surface area contributed by atoms with E-state index in [-0.39, 0.29) is 33.3 Å². The quantitative estimate of drug-likeness (QED) is 0.321. The van der Waals surface area contributed by atoms with E-state index in [0.29, 0.717) is 0 Å². The molecule has 1 unspecified atom stereocenters. The molecular weight excluding hydrogens is 516 g/mol. The predicted octanol–water partition coefficient (Wildman–Crippen LogP) is 3.96. The normalized spacial score (nSPS) is 14.0. The molecule has 194 valence electrons. The molecule has 0 aliphatic rings. The van der Waals surface area contributed by atoms with Gasteiger partial charge in [-0.15, -0.1) is 0 Å². The number of aromatic nitrogens is 4. The Labute approximate surface area is 213 Å². The highest BCUT2D eigenvalue weighted by Gasteiger charge is 2.56. The number of nitrogens with two attached hydrogens (primary N) is 1. The number of carbonyl (C=O) groups is 1. The lowest BCUT2D eigenvalue weighted by Gasteiger charge is -2.32. The van der Waals surface area contributed by atoms with Crippen molar-refractivity contribution >= 4 is 23.3 Å². The average molecular weight is 537 g/mol. The fourth-order valence-electron chi connectivity index (χ4n) is 3.49. The molecule has 1 atom stereocenters. The summed E-state index contributed by atoms with van der Waals surface area (Å²) in [5, 5.41) is 12.8. The molecule has 8 nitrogen and oxygen atoms in total. The number of benzene rings is 1. The maximum atomic E-state index is 14.3. The number of hydrogen-bond donors (Lipinski definition) is 3. The molecule has 0 bridgehead atoms. The number of carbonyl (C=O) groups excluding carboxylic acids is 1. The van der Waals surface area contributed by atoms with Gasteiger partial charge in [0.2, 0.25) is 11.4 Å². The van der Waals surface area contributed by atoms with Crippen LogP contribution in [0.15, 0.2) is 55.0 Å². The van der Waals surface area contributed by atoms with Crippen LogP contribution in [-0.4, -0.2) is 43.1 Å². The third-order valence-electron chi connectivity index (χ3n) is 5.65. The molecule has 0 fully saturated rings. The SMILES string of the molecule is CC(C)(N)c1cc(-c2ccc(F)c(Cl)c2)nc(C(O)(CNC(=O)c2cn3cccnc3n2)C(F)(F)F)c1. The van der Waals surface area contributed by atoms with Gasteiger partial charge in [0, 0.05) is 29.7 Å². The molecular formula is C24H21ClF4N6O2. The summed E-state index contributed by atoms with van der Waals surface area (Å²) in [5.74, 6) is -1.52. The van der Waals surface area contributed by atoms with Crippen LogP contribution in [0.1, 0.15) is 35.6 Å². The Bertz CT molecular complexity index is 1450. The van der Waals surface area contributed by atoms with Crippen LogP contribution < -0.4 is 11.1 Å². The number of fused-ring (bicyclic) bond motifs is 1. The second-order valence-electron chi connectivity index (χ2n) is 8.97. The van der Waals surface area contributed by atoms with E-state index in [1.54, 1.807) is 26.1 Å². The summed E-state index contributed by atoms with van der Waals surface area (Å²) in [4.78, 5) is 24.6. The van der Waals surface area contributed by atoms with Gasteiger partial charge in [0.25, 0.3) is 5.91 Å². The first-order chi connectivity index (χ1) is 17.2. The first-order valence-electron chi connectivity index (χ1n) is 10.8. The first kappa shape index (κ1) is 26.5. The molecule has 0 radical (unpaired) electrons. The Morgan fingerprint density at radius 1 is 1.19 bits per heavy atom. The second-order valence-corrected chi connectivity index (χ2v) is 9.38. The van der Waals surface area contributed by atoms with E-state index in [0.717, 1.165) is 12.1 Å². The van der Waals surface area contributed by atoms with E-state index >= 15 is 0 Å². The zero-order valence-corrected chi connectivity index (χ0v) is 20.3. The van der Waals surface area contributed by atoms with E-state index in [1.807, 2.05) is 0 Å². The van der Waals surface area contributed by atoms with Gasteiger partial charge in [0.15, 0.2) is 0 Å². The van der Waals surface area contributed by atoms with Crippen molar-refractivity contribution in [1.29, 1.82) is 0 Å². The van der Waals surface area contributed by atoms with Crippen molar-refractivity contribution < 1.29 is 27.5 Å². The molecule has 0 saturated heterocycles. The number of nitrogens with zero attached hydrogens (tertiary/aromatic N) is 4. The van der Waals surface area contributed by atoms with Crippen LogP contribution in [0, 0.1) is 5.82 Å². The van der Waals surface area contributed by atoms with Crippen molar-refractivity contribution in [2.75, 3.05) is 6.54 Å². The summed E-state index contributed by atoms with van der Waals surface area (Å²) in [7, 11) is 0. The molecule has 4 rings (SSSR count). The van der Waals surface area contributed by atoms with Crippen LogP contribution in [0.3, 0.4) is 0 Å². The topological polar surface area (TPSA) is 118 Å². The van der Waals surface area contributed by atoms with Gasteiger partial charge in [-0.05, 0) is 55.8 Å². The molecule has 1 aromatic carbocycles. The Kier molecular flexibility index (Phi) is 6.69. The van der Waals surface area contributed by atoms with Crippen LogP contribution in [0.4, 0.5) is 17.6 Å². The number of imidazole rings is 1. The van der Waals surface area contributed by atoms with Gasteiger partial charge in [0.1, 0.15) is 11.5 Å². The van der Waals surface area contributed by atoms with Crippen molar-refractivity contribution in [3.8, 4) is 11.3 Å². The number of hydrogen-bond acceptors (Lipinski definition) is 6. The van der Waals surface area contributed by atoms with Gasteiger partial charge in [-0.1, -0.05) is 11.6 Å². The minimum atomic E-state index is -5.26. The highest BCUT2D eigenvalue weighted by Crippen LogP contribution is 2.40. The minimum Gasteiger partial charge on any atom is -0.374 e. The van der Waals surface area contributed by atoms with Gasteiger partial charge >= 0.3 is 6.18 Å². The Morgan fingerprint density at radius 2 is 1.92 bits per heavy atom. The van der Waals surface area contributed by atoms with E-state index in [1.165, 1.54) is 35.0 Å². The highest BCUT2D eigenvalue weighted by atomic mass is 35.5. The maximum Gasteiger partial charge on any atom is 0.424 e. The lowest BCUT2D eigenvalue weighted by molar-refractivity contribution is -0.265. The van der Waals surface area contributed by atoms with Gasteiger partial charge < -0.3 is 16.2 Å². The smallest absolute Gasteiger partial charge is 0.374 e. The third kappa shape index (κ3) is 5.26. The lowest BCUT2D eigenvalue weighted by Crippen LogP contribution is -2.51. The summed E-state index contributed by atoms with van der Waals surface area (Å²) in [6.45, 7) is 1.83. The molecule has 0 saturated carbocycles. The van der Waals surface area contributed by atoms with E-state index in [2.05, 4.69) is 20.3 Å². The fourth-order valence-corrected chi connectivity index (χ4v) is 3.67. The van der Waals surface area contributed by atoms with Gasteiger partial charge in [-0.3, -0.25) is 9.20 Å². The molecule has 37 heavy (non-hydrogen) atoms. The zero-order valence-electron chi connectivity index (χ0n) is 19.5. The average Bonchev–Trinajstić information content (AvgIpc) is 3.27. The highest BCUT2D eigenvalue weighted by molar-refractivity contribution is 6.31. The molecule has 13 heteroatoms. The molecule has 0 spiro atoms. The number of alkyl halides is 3. The van der Waals surface area contributed by atoms with Gasteiger partial charge in [-0.2, -0.15) is 13.2 Å². The number of rotatable bonds is 6. The van der Waals surface area contributed by atoms with Crippen molar-refractivity contribution in [3.05, 3.63) is 82.8 Å². The lowest BCUT2D eigenvalue weighted by atomic mass is 9.89. The monoisotopic (exact) mass is 536 g/mol. The number of pyridine rings is 1. The number of nitrogens with one attached hydrogen (secondary N) is 1. The summed E-state index contributed by atoms with van der Waals surface area (Å²) >= 11 is 5.85. The Hall–Kier alpha value is -3.61. The molecule has 0 aliphatic carbocycles. The largest absolute Gasteiger partial charge is 0.424 e. The Balaban J connectivity index is 1.76. The molecule has 4 N–H and O–H groups in total. The first-order valence-corrected chi connectivity index (χ1v) is 11.2. The molecule has 3 heterocycles. The van der Waals surface area contributed by atoms with Crippen LogP contribution in [0.5, 0.6) is 0 Å². The van der Waals surface area contributed by atoms with Crippen molar-refractivity contribution in [3.63, 3.8) is 0 Å². The number of aliphatic hydroxyl groups is 1. The summed E-state index contributed by atoms with van der Waals surface area (Å²) in [5.41, 5.74) is 0.748. The molecule has 3 aromatic heterocycles. The van der Waals surface area contributed by atoms with Crippen LogP contribution in [0.25, 0.3) is 17.0 Å². The zero-order chi connectivity index (χ0) is 27.2.